The van der Waals surface area contributed by atoms with Crippen molar-refractivity contribution in [1.82, 2.24) is 0 Å². The molecule has 5 heteroatoms. The number of carbonyl (C=O) groups is 1. The second kappa shape index (κ2) is 6.20. The molecule has 2 unspecified atom stereocenters. The van der Waals surface area contributed by atoms with Crippen molar-refractivity contribution in [2.24, 2.45) is 0 Å². The second-order valence-corrected chi connectivity index (χ2v) is 3.34. The van der Waals surface area contributed by atoms with Gasteiger partial charge in [-0.1, -0.05) is 18.2 Å². The normalized spacial score (nSPS) is 13.9. The molecule has 0 amide bonds. The summed E-state index contributed by atoms with van der Waals surface area (Å²) >= 11 is 0. The third kappa shape index (κ3) is 3.17. The predicted octanol–water partition coefficient (Wildman–Crippen LogP) is 1.63. The molecule has 1 aromatic rings. The Morgan fingerprint density at radius 1 is 1.47 bits per heavy atom. The third-order valence-electron chi connectivity index (χ3n) is 2.25. The molecule has 1 rings (SSSR count). The molecule has 0 aliphatic rings. The molecule has 0 saturated heterocycles. The molecule has 17 heavy (non-hydrogen) atoms. The van der Waals surface area contributed by atoms with Gasteiger partial charge in [0.25, 0.3) is 0 Å². The zero-order valence-corrected chi connectivity index (χ0v) is 9.72. The summed E-state index contributed by atoms with van der Waals surface area (Å²) in [6.07, 6.45) is -3.71. The van der Waals surface area contributed by atoms with Crippen LogP contribution in [0.1, 0.15) is 18.6 Å². The van der Waals surface area contributed by atoms with E-state index in [-0.39, 0.29) is 12.2 Å². The van der Waals surface area contributed by atoms with E-state index in [1.165, 1.54) is 13.2 Å². The predicted molar refractivity (Wildman–Crippen MR) is 59.5 cm³/mol. The maximum absolute atomic E-state index is 13.6. The van der Waals surface area contributed by atoms with Crippen LogP contribution in [0, 0.1) is 0 Å². The van der Waals surface area contributed by atoms with Crippen LogP contribution in [0.25, 0.3) is 0 Å². The Morgan fingerprint density at radius 2 is 2.12 bits per heavy atom. The number of halogens is 1. The number of esters is 1. The summed E-state index contributed by atoms with van der Waals surface area (Å²) in [5.41, 5.74) is 0.218. The number of rotatable bonds is 5. The summed E-state index contributed by atoms with van der Waals surface area (Å²) < 4.78 is 23.1. The van der Waals surface area contributed by atoms with Crippen molar-refractivity contribution >= 4 is 5.97 Å². The SMILES string of the molecule is CCOC(=O)C(F)C(O)c1ccccc1OC. The van der Waals surface area contributed by atoms with E-state index in [2.05, 4.69) is 4.74 Å². The van der Waals surface area contributed by atoms with Gasteiger partial charge in [0.2, 0.25) is 6.17 Å². The number of alkyl halides is 1. The fourth-order valence-corrected chi connectivity index (χ4v) is 1.42. The molecule has 0 saturated carbocycles. The number of aliphatic hydroxyl groups excluding tert-OH is 1. The van der Waals surface area contributed by atoms with Crippen LogP contribution in [0.2, 0.25) is 0 Å². The molecule has 0 fully saturated rings. The minimum Gasteiger partial charge on any atom is -0.496 e. The molecule has 0 aliphatic heterocycles. The summed E-state index contributed by atoms with van der Waals surface area (Å²) in [7, 11) is 1.41. The Bertz CT molecular complexity index is 381. The number of methoxy groups -OCH3 is 1. The van der Waals surface area contributed by atoms with Crippen molar-refractivity contribution < 1.29 is 23.8 Å². The summed E-state index contributed by atoms with van der Waals surface area (Å²) in [6, 6.07) is 6.39. The van der Waals surface area contributed by atoms with E-state index < -0.39 is 18.2 Å². The van der Waals surface area contributed by atoms with Crippen molar-refractivity contribution in [2.45, 2.75) is 19.2 Å². The van der Waals surface area contributed by atoms with Crippen LogP contribution in [-0.4, -0.2) is 31.0 Å². The molecule has 0 heterocycles. The van der Waals surface area contributed by atoms with Crippen molar-refractivity contribution in [1.29, 1.82) is 0 Å². The quantitative estimate of drug-likeness (QED) is 0.797. The lowest BCUT2D eigenvalue weighted by molar-refractivity contribution is -0.153. The summed E-state index contributed by atoms with van der Waals surface area (Å²) in [5.74, 6) is -0.752. The molecule has 0 aromatic heterocycles. The first-order chi connectivity index (χ1) is 8.11. The van der Waals surface area contributed by atoms with Crippen LogP contribution < -0.4 is 4.74 Å². The first kappa shape index (κ1) is 13.4. The molecular weight excluding hydrogens is 227 g/mol. The zero-order valence-electron chi connectivity index (χ0n) is 9.72. The maximum atomic E-state index is 13.6. The van der Waals surface area contributed by atoms with Gasteiger partial charge < -0.3 is 14.6 Å². The molecule has 1 N–H and O–H groups in total. The van der Waals surface area contributed by atoms with Gasteiger partial charge in [-0.15, -0.1) is 0 Å². The first-order valence-corrected chi connectivity index (χ1v) is 5.23. The molecule has 4 nitrogen and oxygen atoms in total. The van der Waals surface area contributed by atoms with Gasteiger partial charge in [-0.2, -0.15) is 0 Å². The molecule has 0 bridgehead atoms. The largest absolute Gasteiger partial charge is 0.496 e. The first-order valence-electron chi connectivity index (χ1n) is 5.23. The van der Waals surface area contributed by atoms with Crippen LogP contribution >= 0.6 is 0 Å². The zero-order chi connectivity index (χ0) is 12.8. The van der Waals surface area contributed by atoms with Gasteiger partial charge in [-0.05, 0) is 13.0 Å². The van der Waals surface area contributed by atoms with E-state index in [4.69, 9.17) is 4.74 Å². The van der Waals surface area contributed by atoms with Crippen LogP contribution in [0.4, 0.5) is 4.39 Å². The van der Waals surface area contributed by atoms with Crippen molar-refractivity contribution in [2.75, 3.05) is 13.7 Å². The summed E-state index contributed by atoms with van der Waals surface area (Å²) in [4.78, 5) is 11.2. The lowest BCUT2D eigenvalue weighted by Crippen LogP contribution is -2.26. The number of carbonyl (C=O) groups excluding carboxylic acids is 1. The number of para-hydroxylation sites is 1. The number of hydrogen-bond donors (Lipinski definition) is 1. The lowest BCUT2D eigenvalue weighted by atomic mass is 10.0. The van der Waals surface area contributed by atoms with Crippen LogP contribution in [0.3, 0.4) is 0 Å². The monoisotopic (exact) mass is 242 g/mol. The highest BCUT2D eigenvalue weighted by Crippen LogP contribution is 2.28. The van der Waals surface area contributed by atoms with Crippen LogP contribution in [0.5, 0.6) is 5.75 Å². The highest BCUT2D eigenvalue weighted by molar-refractivity contribution is 5.75. The molecular formula is C12H15FO4. The third-order valence-corrected chi connectivity index (χ3v) is 2.25. The van der Waals surface area contributed by atoms with Gasteiger partial charge in [0.15, 0.2) is 0 Å². The highest BCUT2D eigenvalue weighted by atomic mass is 19.1. The molecule has 0 radical (unpaired) electrons. The van der Waals surface area contributed by atoms with Gasteiger partial charge in [-0.3, -0.25) is 0 Å². The number of aliphatic hydroxyl groups is 1. The Hall–Kier alpha value is -1.62. The Kier molecular flexibility index (Phi) is 4.90. The van der Waals surface area contributed by atoms with Crippen molar-refractivity contribution in [3.63, 3.8) is 0 Å². The standard InChI is InChI=1S/C12H15FO4/c1-3-17-12(15)10(13)11(14)8-6-4-5-7-9(8)16-2/h4-7,10-11,14H,3H2,1-2H3. The lowest BCUT2D eigenvalue weighted by Gasteiger charge is -2.17. The maximum Gasteiger partial charge on any atom is 0.343 e. The molecule has 94 valence electrons. The fraction of sp³-hybridized carbons (Fsp3) is 0.417. The van der Waals surface area contributed by atoms with E-state index in [1.807, 2.05) is 0 Å². The Morgan fingerprint density at radius 3 is 2.71 bits per heavy atom. The topological polar surface area (TPSA) is 55.8 Å². The average Bonchev–Trinajstić information content (AvgIpc) is 2.37. The molecule has 0 spiro atoms. The smallest absolute Gasteiger partial charge is 0.343 e. The van der Waals surface area contributed by atoms with E-state index in [1.54, 1.807) is 25.1 Å². The average molecular weight is 242 g/mol. The fourth-order valence-electron chi connectivity index (χ4n) is 1.42. The van der Waals surface area contributed by atoms with Gasteiger partial charge >= 0.3 is 5.97 Å². The minimum atomic E-state index is -2.12. The Labute approximate surface area is 99.0 Å². The number of ether oxygens (including phenoxy) is 2. The van der Waals surface area contributed by atoms with E-state index >= 15 is 0 Å². The van der Waals surface area contributed by atoms with Crippen LogP contribution in [-0.2, 0) is 9.53 Å². The number of hydrogen-bond acceptors (Lipinski definition) is 4. The molecule has 1 aromatic carbocycles. The van der Waals surface area contributed by atoms with E-state index in [0.717, 1.165) is 0 Å². The van der Waals surface area contributed by atoms with Gasteiger partial charge in [0.1, 0.15) is 11.9 Å². The minimum absolute atomic E-state index is 0.0674. The van der Waals surface area contributed by atoms with E-state index in [9.17, 15) is 14.3 Å². The van der Waals surface area contributed by atoms with Gasteiger partial charge in [0, 0.05) is 5.56 Å². The highest BCUT2D eigenvalue weighted by Gasteiger charge is 2.30. The van der Waals surface area contributed by atoms with E-state index in [0.29, 0.717) is 5.75 Å². The van der Waals surface area contributed by atoms with Crippen LogP contribution in [0.15, 0.2) is 24.3 Å². The van der Waals surface area contributed by atoms with Crippen molar-refractivity contribution in [3.8, 4) is 5.75 Å². The molecule has 2 atom stereocenters. The van der Waals surface area contributed by atoms with Gasteiger partial charge in [-0.25, -0.2) is 9.18 Å². The van der Waals surface area contributed by atoms with Gasteiger partial charge in [0.05, 0.1) is 13.7 Å². The summed E-state index contributed by atoms with van der Waals surface area (Å²) in [6.45, 7) is 1.64. The van der Waals surface area contributed by atoms with Crippen molar-refractivity contribution in [3.05, 3.63) is 29.8 Å². The second-order valence-electron chi connectivity index (χ2n) is 3.34. The molecule has 0 aliphatic carbocycles. The number of benzene rings is 1. The Balaban J connectivity index is 2.88. The summed E-state index contributed by atoms with van der Waals surface area (Å²) in [5, 5.41) is 9.74.